The van der Waals surface area contributed by atoms with E-state index in [9.17, 15) is 0 Å². The molecule has 118 valence electrons. The lowest BCUT2D eigenvalue weighted by Gasteiger charge is -2.34. The summed E-state index contributed by atoms with van der Waals surface area (Å²) in [5.74, 6) is 6.81. The zero-order chi connectivity index (χ0) is 15.3. The van der Waals surface area contributed by atoms with Crippen LogP contribution >= 0.6 is 0 Å². The molecule has 1 heteroatoms. The first-order chi connectivity index (χ1) is 9.91. The van der Waals surface area contributed by atoms with Crippen molar-refractivity contribution in [2.75, 3.05) is 0 Å². The minimum atomic E-state index is 0.612. The summed E-state index contributed by atoms with van der Waals surface area (Å²) in [6.45, 7) is 14.3. The standard InChI is InChI=1S/C20H32O/c1-11(2)15-9-7-13(5)19-17(15)18-16(12(3)4)10-8-14(6)20(18)21-19/h11-16H,7-10H2,1-6H3/t13-,14-,15+,16+/m1/s1. The topological polar surface area (TPSA) is 13.1 Å². The van der Waals surface area contributed by atoms with Gasteiger partial charge in [0.05, 0.1) is 0 Å². The first-order valence-electron chi connectivity index (χ1n) is 9.08. The fourth-order valence-electron chi connectivity index (χ4n) is 4.73. The lowest BCUT2D eigenvalue weighted by Crippen LogP contribution is -2.21. The largest absolute Gasteiger partial charge is 0.465 e. The summed E-state index contributed by atoms with van der Waals surface area (Å²) in [6, 6.07) is 0. The van der Waals surface area contributed by atoms with Gasteiger partial charge < -0.3 is 4.42 Å². The van der Waals surface area contributed by atoms with Crippen molar-refractivity contribution in [3.05, 3.63) is 22.6 Å². The summed E-state index contributed by atoms with van der Waals surface area (Å²) in [6.07, 6.45) is 5.28. The van der Waals surface area contributed by atoms with E-state index in [1.807, 2.05) is 0 Å². The molecule has 1 nitrogen and oxygen atoms in total. The minimum Gasteiger partial charge on any atom is -0.465 e. The summed E-state index contributed by atoms with van der Waals surface area (Å²) >= 11 is 0. The third-order valence-electron chi connectivity index (χ3n) is 6.11. The van der Waals surface area contributed by atoms with Gasteiger partial charge in [-0.1, -0.05) is 41.5 Å². The molecule has 0 N–H and O–H groups in total. The lowest BCUT2D eigenvalue weighted by atomic mass is 9.68. The van der Waals surface area contributed by atoms with E-state index in [1.165, 1.54) is 37.2 Å². The summed E-state index contributed by atoms with van der Waals surface area (Å²) < 4.78 is 6.51. The average Bonchev–Trinajstić information content (AvgIpc) is 2.81. The van der Waals surface area contributed by atoms with Gasteiger partial charge in [0.15, 0.2) is 0 Å². The fourth-order valence-corrected chi connectivity index (χ4v) is 4.73. The third kappa shape index (κ3) is 2.37. The van der Waals surface area contributed by atoms with Crippen LogP contribution in [0, 0.1) is 11.8 Å². The van der Waals surface area contributed by atoms with Gasteiger partial charge in [-0.15, -0.1) is 0 Å². The molecule has 0 spiro atoms. The van der Waals surface area contributed by atoms with Crippen LogP contribution in [0.5, 0.6) is 0 Å². The predicted molar refractivity (Wildman–Crippen MR) is 89.2 cm³/mol. The first kappa shape index (κ1) is 15.2. The molecule has 2 aliphatic carbocycles. The molecule has 1 aromatic heterocycles. The van der Waals surface area contributed by atoms with Crippen molar-refractivity contribution in [3.8, 4) is 0 Å². The van der Waals surface area contributed by atoms with Gasteiger partial charge in [0.1, 0.15) is 11.5 Å². The van der Waals surface area contributed by atoms with Crippen molar-refractivity contribution in [3.63, 3.8) is 0 Å². The summed E-state index contributed by atoms with van der Waals surface area (Å²) in [5, 5.41) is 0. The van der Waals surface area contributed by atoms with Crippen molar-refractivity contribution in [2.24, 2.45) is 11.8 Å². The Labute approximate surface area is 130 Å². The molecule has 4 atom stereocenters. The lowest BCUT2D eigenvalue weighted by molar-refractivity contribution is 0.338. The molecule has 0 saturated heterocycles. The molecule has 3 rings (SSSR count). The molecule has 0 aromatic carbocycles. The van der Waals surface area contributed by atoms with Crippen LogP contribution < -0.4 is 0 Å². The van der Waals surface area contributed by atoms with Crippen LogP contribution in [0.25, 0.3) is 0 Å². The second-order valence-electron chi connectivity index (χ2n) is 8.32. The quantitative estimate of drug-likeness (QED) is 0.601. The van der Waals surface area contributed by atoms with E-state index in [0.29, 0.717) is 11.8 Å². The van der Waals surface area contributed by atoms with Crippen LogP contribution in [-0.4, -0.2) is 0 Å². The van der Waals surface area contributed by atoms with E-state index in [2.05, 4.69) is 41.5 Å². The number of fused-ring (bicyclic) bond motifs is 3. The van der Waals surface area contributed by atoms with E-state index in [4.69, 9.17) is 4.42 Å². The van der Waals surface area contributed by atoms with Crippen molar-refractivity contribution in [1.29, 1.82) is 0 Å². The summed E-state index contributed by atoms with van der Waals surface area (Å²) in [5.41, 5.74) is 3.29. The number of hydrogen-bond acceptors (Lipinski definition) is 1. The number of rotatable bonds is 2. The Morgan fingerprint density at radius 2 is 1.10 bits per heavy atom. The molecule has 0 aliphatic heterocycles. The molecule has 1 heterocycles. The Kier molecular flexibility index (Phi) is 3.96. The van der Waals surface area contributed by atoms with Gasteiger partial charge in [-0.05, 0) is 49.4 Å². The highest BCUT2D eigenvalue weighted by atomic mass is 16.3. The van der Waals surface area contributed by atoms with Gasteiger partial charge >= 0.3 is 0 Å². The molecule has 2 aliphatic rings. The van der Waals surface area contributed by atoms with E-state index < -0.39 is 0 Å². The molecule has 0 unspecified atom stereocenters. The van der Waals surface area contributed by atoms with Crippen molar-refractivity contribution in [1.82, 2.24) is 0 Å². The second-order valence-corrected chi connectivity index (χ2v) is 8.32. The predicted octanol–water partition coefficient (Wildman–Crippen LogP) is 6.55. The average molecular weight is 288 g/mol. The Morgan fingerprint density at radius 3 is 1.43 bits per heavy atom. The maximum Gasteiger partial charge on any atom is 0.110 e. The third-order valence-corrected chi connectivity index (χ3v) is 6.11. The number of furan rings is 1. The van der Waals surface area contributed by atoms with Crippen molar-refractivity contribution >= 4 is 0 Å². The highest BCUT2D eigenvalue weighted by molar-refractivity contribution is 5.45. The molecular weight excluding hydrogens is 256 g/mol. The van der Waals surface area contributed by atoms with Gasteiger partial charge in [-0.2, -0.15) is 0 Å². The number of hydrogen-bond donors (Lipinski definition) is 0. The highest BCUT2D eigenvalue weighted by Gasteiger charge is 2.40. The molecule has 0 bridgehead atoms. The normalized spacial score (nSPS) is 32.4. The molecule has 0 radical (unpaired) electrons. The van der Waals surface area contributed by atoms with Gasteiger partial charge in [-0.3, -0.25) is 0 Å². The molecular formula is C20H32O. The van der Waals surface area contributed by atoms with Crippen LogP contribution in [0.1, 0.15) is 114 Å². The van der Waals surface area contributed by atoms with E-state index >= 15 is 0 Å². The van der Waals surface area contributed by atoms with Crippen LogP contribution in [0.3, 0.4) is 0 Å². The zero-order valence-corrected chi connectivity index (χ0v) is 14.7. The Balaban J connectivity index is 2.18. The van der Waals surface area contributed by atoms with Crippen molar-refractivity contribution in [2.45, 2.75) is 90.9 Å². The molecule has 1 aromatic rings. The van der Waals surface area contributed by atoms with Gasteiger partial charge in [0, 0.05) is 23.0 Å². The fraction of sp³-hybridized carbons (Fsp3) is 0.800. The summed E-state index contributed by atoms with van der Waals surface area (Å²) in [7, 11) is 0. The zero-order valence-electron chi connectivity index (χ0n) is 14.7. The highest BCUT2D eigenvalue weighted by Crippen LogP contribution is 2.53. The van der Waals surface area contributed by atoms with Crippen LogP contribution in [-0.2, 0) is 0 Å². The first-order valence-corrected chi connectivity index (χ1v) is 9.08. The SMILES string of the molecule is CC(C)[C@@H]1CC[C@@H](C)c2oc3c(c21)[C@H](C(C)C)CC[C@H]3C. The van der Waals surface area contributed by atoms with E-state index in [-0.39, 0.29) is 0 Å². The maximum atomic E-state index is 6.51. The van der Waals surface area contributed by atoms with Crippen LogP contribution in [0.2, 0.25) is 0 Å². The van der Waals surface area contributed by atoms with Gasteiger partial charge in [0.2, 0.25) is 0 Å². The van der Waals surface area contributed by atoms with E-state index in [0.717, 1.165) is 23.7 Å². The Hall–Kier alpha value is -0.720. The van der Waals surface area contributed by atoms with Crippen molar-refractivity contribution < 1.29 is 4.42 Å². The van der Waals surface area contributed by atoms with Gasteiger partial charge in [0.25, 0.3) is 0 Å². The molecule has 21 heavy (non-hydrogen) atoms. The van der Waals surface area contributed by atoms with E-state index in [1.54, 1.807) is 11.1 Å². The second kappa shape index (κ2) is 5.48. The molecule has 0 amide bonds. The minimum absolute atomic E-state index is 0.612. The summed E-state index contributed by atoms with van der Waals surface area (Å²) in [4.78, 5) is 0. The van der Waals surface area contributed by atoms with Gasteiger partial charge in [-0.25, -0.2) is 0 Å². The van der Waals surface area contributed by atoms with Crippen LogP contribution in [0.4, 0.5) is 0 Å². The Bertz CT molecular complexity index is 464. The maximum absolute atomic E-state index is 6.51. The monoisotopic (exact) mass is 288 g/mol. The Morgan fingerprint density at radius 1 is 0.714 bits per heavy atom. The smallest absolute Gasteiger partial charge is 0.110 e. The van der Waals surface area contributed by atoms with Crippen LogP contribution in [0.15, 0.2) is 4.42 Å². The molecule has 0 fully saturated rings. The molecule has 0 saturated carbocycles.